The summed E-state index contributed by atoms with van der Waals surface area (Å²) in [4.78, 5) is 29.2. The number of carbonyl (C=O) groups excluding carboxylic acids is 2. The van der Waals surface area contributed by atoms with Crippen molar-refractivity contribution in [3.63, 3.8) is 0 Å². The van der Waals surface area contributed by atoms with E-state index in [1.54, 1.807) is 9.80 Å². The van der Waals surface area contributed by atoms with E-state index in [-0.39, 0.29) is 23.3 Å². The van der Waals surface area contributed by atoms with Crippen molar-refractivity contribution >= 4 is 48.8 Å². The Balaban J connectivity index is 2.08. The summed E-state index contributed by atoms with van der Waals surface area (Å²) in [6, 6.07) is 0. The van der Waals surface area contributed by atoms with E-state index in [2.05, 4.69) is 25.3 Å². The van der Waals surface area contributed by atoms with Crippen LogP contribution in [0.25, 0.3) is 0 Å². The standard InChI is InChI=1S/C12H21N3O3S3/c16-10(7-19)13-1-2-14(11(17)8-20)4-6-15(5-3-13)12(18)9-21-12/h18-20H,1-9H2/p+1/t12-/m0/s1. The summed E-state index contributed by atoms with van der Waals surface area (Å²) in [6.07, 6.45) is 0. The molecule has 0 aromatic carbocycles. The Morgan fingerprint density at radius 1 is 0.952 bits per heavy atom. The summed E-state index contributed by atoms with van der Waals surface area (Å²) in [5.41, 5.74) is 0. The van der Waals surface area contributed by atoms with Crippen LogP contribution >= 0.6 is 25.3 Å². The number of thiol groups is 3. The summed E-state index contributed by atoms with van der Waals surface area (Å²) in [5.74, 6) is 0.956. The highest BCUT2D eigenvalue weighted by Crippen LogP contribution is 2.29. The first kappa shape index (κ1) is 17.3. The highest BCUT2D eigenvalue weighted by molar-refractivity contribution is 7.87. The second-order valence-electron chi connectivity index (χ2n) is 5.16. The van der Waals surface area contributed by atoms with Crippen LogP contribution in [-0.4, -0.2) is 93.2 Å². The molecule has 2 amide bonds. The zero-order valence-electron chi connectivity index (χ0n) is 11.8. The highest BCUT2D eigenvalue weighted by atomic mass is 32.2. The van der Waals surface area contributed by atoms with Gasteiger partial charge < -0.3 is 14.9 Å². The van der Waals surface area contributed by atoms with Crippen LogP contribution in [0.2, 0.25) is 0 Å². The van der Waals surface area contributed by atoms with E-state index in [4.69, 9.17) is 0 Å². The van der Waals surface area contributed by atoms with Crippen LogP contribution in [0.3, 0.4) is 0 Å². The normalized spacial score (nSPS) is 27.8. The number of hydrogen-bond donors (Lipinski definition) is 3. The molecule has 2 aliphatic heterocycles. The minimum Gasteiger partial charge on any atom is -0.339 e. The second kappa shape index (κ2) is 7.45. The number of aliphatic hydroxyl groups is 1. The lowest BCUT2D eigenvalue weighted by Crippen LogP contribution is -2.46. The predicted molar refractivity (Wildman–Crippen MR) is 91.0 cm³/mol. The molecule has 2 fully saturated rings. The van der Waals surface area contributed by atoms with Gasteiger partial charge in [0.05, 0.1) is 11.5 Å². The Morgan fingerprint density at radius 3 is 1.67 bits per heavy atom. The molecule has 1 atom stereocenters. The molecule has 120 valence electrons. The van der Waals surface area contributed by atoms with E-state index in [1.807, 2.05) is 4.90 Å². The van der Waals surface area contributed by atoms with Crippen LogP contribution in [0.5, 0.6) is 0 Å². The van der Waals surface area contributed by atoms with Gasteiger partial charge in [0, 0.05) is 51.0 Å². The first-order valence-corrected chi connectivity index (χ1v) is 9.28. The minimum absolute atomic E-state index is 0.0428. The summed E-state index contributed by atoms with van der Waals surface area (Å²) in [5, 5.41) is 9.53. The Bertz CT molecular complexity index is 378. The lowest BCUT2D eigenvalue weighted by atomic mass is 10.4. The van der Waals surface area contributed by atoms with Crippen molar-refractivity contribution in [2.24, 2.45) is 0 Å². The van der Waals surface area contributed by atoms with Crippen LogP contribution in [0.4, 0.5) is 0 Å². The van der Waals surface area contributed by atoms with Gasteiger partial charge in [-0.1, -0.05) is 0 Å². The van der Waals surface area contributed by atoms with Crippen LogP contribution < -0.4 is 0 Å². The number of carbonyl (C=O) groups is 2. The van der Waals surface area contributed by atoms with Crippen molar-refractivity contribution in [3.8, 4) is 0 Å². The zero-order chi connectivity index (χ0) is 15.5. The third kappa shape index (κ3) is 4.44. The number of nitrogens with zero attached hydrogens (tertiary/aromatic N) is 3. The smallest absolute Gasteiger partial charge is 0.330 e. The second-order valence-corrected chi connectivity index (χ2v) is 7.14. The van der Waals surface area contributed by atoms with Gasteiger partial charge in [-0.15, -0.1) is 0 Å². The molecule has 21 heavy (non-hydrogen) atoms. The number of amides is 2. The molecule has 0 spiro atoms. The summed E-state index contributed by atoms with van der Waals surface area (Å²) < 4.78 is 0. The van der Waals surface area contributed by atoms with E-state index in [9.17, 15) is 14.7 Å². The molecular formula is C12H22N3O3S3+. The van der Waals surface area contributed by atoms with Gasteiger partial charge in [-0.2, -0.15) is 25.3 Å². The van der Waals surface area contributed by atoms with Crippen molar-refractivity contribution < 1.29 is 14.7 Å². The van der Waals surface area contributed by atoms with E-state index in [0.29, 0.717) is 39.3 Å². The molecule has 1 N–H and O–H groups in total. The first-order chi connectivity index (χ1) is 10.00. The van der Waals surface area contributed by atoms with Gasteiger partial charge >= 0.3 is 5.06 Å². The number of hydrogen-bond acceptors (Lipinski definition) is 6. The van der Waals surface area contributed by atoms with Crippen LogP contribution in [0.15, 0.2) is 0 Å². The maximum atomic E-state index is 11.9. The molecule has 0 radical (unpaired) electrons. The summed E-state index contributed by atoms with van der Waals surface area (Å²) in [6.45, 7) is 3.35. The molecule has 2 heterocycles. The monoisotopic (exact) mass is 352 g/mol. The topological polar surface area (TPSA) is 64.1 Å². The molecule has 0 unspecified atom stereocenters. The molecule has 0 saturated carbocycles. The van der Waals surface area contributed by atoms with Crippen molar-refractivity contribution in [2.75, 3.05) is 56.5 Å². The lowest BCUT2D eigenvalue weighted by Gasteiger charge is -2.25. The average Bonchev–Trinajstić information content (AvgIpc) is 3.21. The first-order valence-electron chi connectivity index (χ1n) is 6.93. The molecule has 2 saturated heterocycles. The zero-order valence-corrected chi connectivity index (χ0v) is 14.5. The summed E-state index contributed by atoms with van der Waals surface area (Å²) >= 11 is 9.08. The fraction of sp³-hybridized carbons (Fsp3) is 0.833. The van der Waals surface area contributed by atoms with Gasteiger partial charge in [-0.3, -0.25) is 9.59 Å². The molecule has 2 rings (SSSR count). The number of rotatable bonds is 3. The third-order valence-electron chi connectivity index (χ3n) is 3.84. The Labute approximate surface area is 140 Å². The van der Waals surface area contributed by atoms with Gasteiger partial charge in [0.1, 0.15) is 0 Å². The van der Waals surface area contributed by atoms with Gasteiger partial charge in [-0.25, -0.2) is 4.90 Å². The fourth-order valence-corrected chi connectivity index (χ4v) is 3.53. The van der Waals surface area contributed by atoms with E-state index >= 15 is 0 Å². The molecule has 6 nitrogen and oxygen atoms in total. The van der Waals surface area contributed by atoms with Crippen molar-refractivity contribution in [1.29, 1.82) is 0 Å². The molecule has 9 heteroatoms. The van der Waals surface area contributed by atoms with Crippen molar-refractivity contribution in [1.82, 2.24) is 14.7 Å². The molecular weight excluding hydrogens is 330 g/mol. The molecule has 2 aliphatic rings. The van der Waals surface area contributed by atoms with Crippen LogP contribution in [0.1, 0.15) is 0 Å². The largest absolute Gasteiger partial charge is 0.339 e. The SMILES string of the molecule is O=C(CS)N1CCN(C(=O)CS)CCN([C@]2(O)C[SH+]2)CC1. The predicted octanol–water partition coefficient (Wildman–Crippen LogP) is -1.71. The van der Waals surface area contributed by atoms with Crippen molar-refractivity contribution in [3.05, 3.63) is 0 Å². The Kier molecular flexibility index (Phi) is 6.13. The average molecular weight is 353 g/mol. The third-order valence-corrected chi connectivity index (χ3v) is 5.55. The molecule has 0 aromatic heterocycles. The molecule has 0 bridgehead atoms. The van der Waals surface area contributed by atoms with Crippen LogP contribution in [0, 0.1) is 0 Å². The Hall–Kier alpha value is -0.0900. The van der Waals surface area contributed by atoms with Crippen molar-refractivity contribution in [2.45, 2.75) is 5.06 Å². The molecule has 0 aromatic rings. The molecule has 0 aliphatic carbocycles. The van der Waals surface area contributed by atoms with Crippen LogP contribution in [-0.2, 0) is 21.4 Å². The van der Waals surface area contributed by atoms with Gasteiger partial charge in [0.25, 0.3) is 0 Å². The highest BCUT2D eigenvalue weighted by Gasteiger charge is 2.59. The summed E-state index contributed by atoms with van der Waals surface area (Å²) in [7, 11) is 0. The minimum atomic E-state index is -0.768. The fourth-order valence-electron chi connectivity index (χ4n) is 2.39. The lowest BCUT2D eigenvalue weighted by molar-refractivity contribution is -0.131. The maximum absolute atomic E-state index is 11.9. The van der Waals surface area contributed by atoms with E-state index < -0.39 is 5.06 Å². The van der Waals surface area contributed by atoms with E-state index in [0.717, 1.165) is 17.5 Å². The Morgan fingerprint density at radius 2 is 1.33 bits per heavy atom. The maximum Gasteiger partial charge on any atom is 0.330 e. The van der Waals surface area contributed by atoms with Gasteiger partial charge in [0.15, 0.2) is 0 Å². The van der Waals surface area contributed by atoms with Gasteiger partial charge in [-0.05, 0) is 0 Å². The van der Waals surface area contributed by atoms with Gasteiger partial charge in [0.2, 0.25) is 17.6 Å². The van der Waals surface area contributed by atoms with E-state index in [1.165, 1.54) is 0 Å². The quantitative estimate of drug-likeness (QED) is 0.322.